The first-order chi connectivity index (χ1) is 14.0. The van der Waals surface area contributed by atoms with Crippen molar-refractivity contribution in [2.24, 2.45) is 0 Å². The maximum atomic E-state index is 12.6. The van der Waals surface area contributed by atoms with Gasteiger partial charge in [0.15, 0.2) is 0 Å². The molecule has 0 spiro atoms. The summed E-state index contributed by atoms with van der Waals surface area (Å²) in [6.07, 6.45) is 2.57. The second-order valence-electron chi connectivity index (χ2n) is 7.52. The number of carbonyl (C=O) groups excluding carboxylic acids is 2. The van der Waals surface area contributed by atoms with E-state index in [-0.39, 0.29) is 17.9 Å². The van der Waals surface area contributed by atoms with Crippen LogP contribution in [0.1, 0.15) is 41.2 Å². The molecule has 0 radical (unpaired) electrons. The average Bonchev–Trinajstić information content (AvgIpc) is 2.74. The van der Waals surface area contributed by atoms with Crippen LogP contribution in [0.3, 0.4) is 0 Å². The topological polar surface area (TPSA) is 61.9 Å². The Balaban J connectivity index is 1.64. The largest absolute Gasteiger partial charge is 0.497 e. The van der Waals surface area contributed by atoms with E-state index >= 15 is 0 Å². The molecule has 0 bridgehead atoms. The van der Waals surface area contributed by atoms with Crippen LogP contribution >= 0.6 is 0 Å². The second-order valence-corrected chi connectivity index (χ2v) is 7.52. The van der Waals surface area contributed by atoms with E-state index < -0.39 is 0 Å². The fourth-order valence-electron chi connectivity index (χ4n) is 3.61. The number of anilines is 1. The SMILES string of the molecule is COc1cccc(C(CNC(=O)c2ccc(N3CCCCC3=O)cc2)N(C)C)c1. The molecule has 3 rings (SSSR count). The first-order valence-corrected chi connectivity index (χ1v) is 9.98. The van der Waals surface area contributed by atoms with Gasteiger partial charge in [-0.15, -0.1) is 0 Å². The van der Waals surface area contributed by atoms with Crippen LogP contribution in [0.15, 0.2) is 48.5 Å². The molecule has 1 heterocycles. The van der Waals surface area contributed by atoms with Crippen LogP contribution in [0.2, 0.25) is 0 Å². The van der Waals surface area contributed by atoms with E-state index in [1.54, 1.807) is 24.1 Å². The first kappa shape index (κ1) is 20.9. The minimum Gasteiger partial charge on any atom is -0.497 e. The Labute approximate surface area is 172 Å². The predicted molar refractivity (Wildman–Crippen MR) is 114 cm³/mol. The van der Waals surface area contributed by atoms with Crippen molar-refractivity contribution in [2.45, 2.75) is 25.3 Å². The van der Waals surface area contributed by atoms with Crippen LogP contribution in [-0.2, 0) is 4.79 Å². The maximum Gasteiger partial charge on any atom is 0.251 e. The molecule has 2 aromatic rings. The Morgan fingerprint density at radius 2 is 1.93 bits per heavy atom. The molecular formula is C23H29N3O3. The molecule has 0 saturated carbocycles. The molecule has 2 amide bonds. The zero-order valence-corrected chi connectivity index (χ0v) is 17.4. The third-order valence-corrected chi connectivity index (χ3v) is 5.32. The molecule has 1 aliphatic heterocycles. The van der Waals surface area contributed by atoms with Crippen LogP contribution < -0.4 is 15.0 Å². The molecule has 0 aromatic heterocycles. The summed E-state index contributed by atoms with van der Waals surface area (Å²) in [6, 6.07) is 15.2. The standard InChI is InChI=1S/C23H29N3O3/c1-25(2)21(18-7-6-8-20(15-18)29-3)16-24-23(28)17-10-12-19(13-11-17)26-14-5-4-9-22(26)27/h6-8,10-13,15,21H,4-5,9,14,16H2,1-3H3,(H,24,28). The fraction of sp³-hybridized carbons (Fsp3) is 0.391. The lowest BCUT2D eigenvalue weighted by Gasteiger charge is -2.27. The quantitative estimate of drug-likeness (QED) is 0.782. The highest BCUT2D eigenvalue weighted by molar-refractivity contribution is 5.97. The Hall–Kier alpha value is -2.86. The van der Waals surface area contributed by atoms with Crippen molar-refractivity contribution in [3.63, 3.8) is 0 Å². The minimum atomic E-state index is -0.128. The van der Waals surface area contributed by atoms with Crippen molar-refractivity contribution in [1.82, 2.24) is 10.2 Å². The van der Waals surface area contributed by atoms with E-state index in [1.807, 2.05) is 50.5 Å². The summed E-state index contributed by atoms with van der Waals surface area (Å²) in [5.74, 6) is 0.820. The summed E-state index contributed by atoms with van der Waals surface area (Å²) in [5.41, 5.74) is 2.52. The van der Waals surface area contributed by atoms with Gasteiger partial charge in [-0.1, -0.05) is 12.1 Å². The number of nitrogens with zero attached hydrogens (tertiary/aromatic N) is 2. The molecule has 29 heavy (non-hydrogen) atoms. The average molecular weight is 396 g/mol. The molecule has 1 aliphatic rings. The van der Waals surface area contributed by atoms with Crippen LogP contribution in [0.5, 0.6) is 5.75 Å². The summed E-state index contributed by atoms with van der Waals surface area (Å²) in [7, 11) is 5.62. The summed E-state index contributed by atoms with van der Waals surface area (Å²) in [5, 5.41) is 3.02. The molecule has 1 unspecified atom stereocenters. The van der Waals surface area contributed by atoms with Gasteiger partial charge in [-0.25, -0.2) is 0 Å². The minimum absolute atomic E-state index is 0.0271. The van der Waals surface area contributed by atoms with Crippen molar-refractivity contribution in [1.29, 1.82) is 0 Å². The van der Waals surface area contributed by atoms with Crippen LogP contribution in [0.4, 0.5) is 5.69 Å². The Bertz CT molecular complexity index is 849. The lowest BCUT2D eigenvalue weighted by molar-refractivity contribution is -0.119. The molecule has 6 heteroatoms. The molecule has 154 valence electrons. The number of amides is 2. The van der Waals surface area contributed by atoms with Crippen LogP contribution in [-0.4, -0.2) is 51.0 Å². The number of ether oxygens (including phenoxy) is 1. The fourth-order valence-corrected chi connectivity index (χ4v) is 3.61. The van der Waals surface area contributed by atoms with Crippen molar-refractivity contribution < 1.29 is 14.3 Å². The van der Waals surface area contributed by atoms with Crippen LogP contribution in [0, 0.1) is 0 Å². The molecule has 1 atom stereocenters. The number of nitrogens with one attached hydrogen (secondary N) is 1. The van der Waals surface area contributed by atoms with E-state index in [1.165, 1.54) is 0 Å². The normalized spacial score (nSPS) is 15.3. The van der Waals surface area contributed by atoms with Gasteiger partial charge >= 0.3 is 0 Å². The van der Waals surface area contributed by atoms with Crippen molar-refractivity contribution in [2.75, 3.05) is 39.2 Å². The third kappa shape index (κ3) is 5.15. The molecular weight excluding hydrogens is 366 g/mol. The van der Waals surface area contributed by atoms with E-state index in [0.29, 0.717) is 18.5 Å². The van der Waals surface area contributed by atoms with Gasteiger partial charge in [-0.2, -0.15) is 0 Å². The van der Waals surface area contributed by atoms with Crippen molar-refractivity contribution in [3.05, 3.63) is 59.7 Å². The van der Waals surface area contributed by atoms with E-state index in [4.69, 9.17) is 4.74 Å². The van der Waals surface area contributed by atoms with Gasteiger partial charge in [0, 0.05) is 30.8 Å². The number of carbonyl (C=O) groups is 2. The summed E-state index contributed by atoms with van der Waals surface area (Å²) >= 11 is 0. The Morgan fingerprint density at radius 1 is 1.17 bits per heavy atom. The lowest BCUT2D eigenvalue weighted by Crippen LogP contribution is -2.35. The first-order valence-electron chi connectivity index (χ1n) is 9.98. The molecule has 1 N–H and O–H groups in total. The number of rotatable bonds is 7. The number of benzene rings is 2. The highest BCUT2D eigenvalue weighted by Gasteiger charge is 2.20. The lowest BCUT2D eigenvalue weighted by atomic mass is 10.1. The van der Waals surface area contributed by atoms with Gasteiger partial charge in [0.2, 0.25) is 5.91 Å². The number of hydrogen-bond donors (Lipinski definition) is 1. The van der Waals surface area contributed by atoms with E-state index in [0.717, 1.165) is 36.4 Å². The number of hydrogen-bond acceptors (Lipinski definition) is 4. The van der Waals surface area contributed by atoms with Gasteiger partial charge in [-0.3, -0.25) is 9.59 Å². The van der Waals surface area contributed by atoms with Gasteiger partial charge in [0.25, 0.3) is 5.91 Å². The maximum absolute atomic E-state index is 12.6. The molecule has 6 nitrogen and oxygen atoms in total. The molecule has 2 aromatic carbocycles. The van der Waals surface area contributed by atoms with E-state index in [2.05, 4.69) is 10.2 Å². The molecule has 0 aliphatic carbocycles. The molecule has 1 saturated heterocycles. The van der Waals surface area contributed by atoms with Gasteiger partial charge < -0.3 is 19.9 Å². The highest BCUT2D eigenvalue weighted by atomic mass is 16.5. The van der Waals surface area contributed by atoms with E-state index in [9.17, 15) is 9.59 Å². The summed E-state index contributed by atoms with van der Waals surface area (Å²) in [6.45, 7) is 1.22. The van der Waals surface area contributed by atoms with Gasteiger partial charge in [0.05, 0.1) is 13.2 Å². The third-order valence-electron chi connectivity index (χ3n) is 5.32. The van der Waals surface area contributed by atoms with Crippen LogP contribution in [0.25, 0.3) is 0 Å². The summed E-state index contributed by atoms with van der Waals surface area (Å²) in [4.78, 5) is 28.6. The van der Waals surface area contributed by atoms with Gasteiger partial charge in [-0.05, 0) is 68.9 Å². The number of piperidine rings is 1. The zero-order valence-electron chi connectivity index (χ0n) is 17.4. The van der Waals surface area contributed by atoms with Crippen molar-refractivity contribution >= 4 is 17.5 Å². The number of likely N-dealkylation sites (N-methyl/N-ethyl adjacent to an activating group) is 1. The second kappa shape index (κ2) is 9.56. The van der Waals surface area contributed by atoms with Crippen molar-refractivity contribution in [3.8, 4) is 5.75 Å². The monoisotopic (exact) mass is 395 g/mol. The van der Waals surface area contributed by atoms with Gasteiger partial charge in [0.1, 0.15) is 5.75 Å². The highest BCUT2D eigenvalue weighted by Crippen LogP contribution is 2.23. The zero-order chi connectivity index (χ0) is 20.8. The predicted octanol–water partition coefficient (Wildman–Crippen LogP) is 3.24. The number of methoxy groups -OCH3 is 1. The Kier molecular flexibility index (Phi) is 6.88. The smallest absolute Gasteiger partial charge is 0.251 e. The summed E-state index contributed by atoms with van der Waals surface area (Å²) < 4.78 is 5.31. The molecule has 1 fully saturated rings. The Morgan fingerprint density at radius 3 is 2.59 bits per heavy atom.